The van der Waals surface area contributed by atoms with Crippen molar-refractivity contribution in [2.24, 2.45) is 49.4 Å². The molecule has 6 aliphatic rings. The number of rotatable bonds is 14. The minimum absolute atomic E-state index is 0. The number of hydrogen-bond donors (Lipinski definition) is 4. The van der Waals surface area contributed by atoms with Crippen molar-refractivity contribution in [3.63, 3.8) is 0 Å². The Kier molecular flexibility index (Phi) is 38.0. The Bertz CT molecular complexity index is 6100. The van der Waals surface area contributed by atoms with Crippen LogP contribution in [0.5, 0.6) is 0 Å². The molecule has 10 aromatic heterocycles. The second kappa shape index (κ2) is 48.0. The summed E-state index contributed by atoms with van der Waals surface area (Å²) in [5.41, 5.74) is 12.5. The molecule has 6 aliphatic heterocycles. The van der Waals surface area contributed by atoms with Gasteiger partial charge in [-0.05, 0) is 222 Å². The number of aliphatic hydroxyl groups excluding tert-OH is 1. The lowest BCUT2D eigenvalue weighted by Crippen LogP contribution is -2.30. The molecular weight excluding hydrogens is 2100 g/mol. The van der Waals surface area contributed by atoms with Gasteiger partial charge in [-0.1, -0.05) is 30.3 Å². The van der Waals surface area contributed by atoms with Crippen molar-refractivity contribution in [1.29, 1.82) is 0 Å². The predicted molar refractivity (Wildman–Crippen MR) is 516 cm³/mol. The first-order valence-corrected chi connectivity index (χ1v) is 48.0. The summed E-state index contributed by atoms with van der Waals surface area (Å²) in [5, 5.41) is 37.3. The molecular formula is C92H109Br5ClF2N19O14S. The van der Waals surface area contributed by atoms with Crippen LogP contribution in [-0.2, 0) is 135 Å². The molecule has 0 saturated carbocycles. The smallest absolute Gasteiger partial charge is 0.354 e. The van der Waals surface area contributed by atoms with Crippen molar-refractivity contribution < 1.29 is 76.6 Å². The number of nitrogens with two attached hydrogens (primary N) is 1. The fourth-order valence-corrected chi connectivity index (χ4v) is 18.8. The number of aliphatic hydroxyl groups is 1. The lowest BCUT2D eigenvalue weighted by molar-refractivity contribution is -0.157. The van der Waals surface area contributed by atoms with Crippen molar-refractivity contribution in [1.82, 2.24) is 86.8 Å². The Balaban J connectivity index is 0.000000159. The highest BCUT2D eigenvalue weighted by Gasteiger charge is 2.33. The third-order valence-corrected chi connectivity index (χ3v) is 26.2. The number of Topliss-reactive ketones (excluding diaryl/α,β-unsaturated/α-hetero) is 1. The van der Waals surface area contributed by atoms with Gasteiger partial charge in [0.1, 0.15) is 98.1 Å². The number of carbonyl (C=O) groups excluding carboxylic acids is 5. The molecule has 33 nitrogen and oxygen atoms in total. The number of fused-ring (bicyclic) bond motifs is 6. The summed E-state index contributed by atoms with van der Waals surface area (Å²) in [6.07, 6.45) is 23.3. The van der Waals surface area contributed by atoms with Crippen molar-refractivity contribution >= 4 is 145 Å². The third kappa shape index (κ3) is 29.7. The molecule has 0 aliphatic carbocycles. The van der Waals surface area contributed by atoms with Crippen LogP contribution in [0.15, 0.2) is 139 Å². The number of thiazole rings is 1. The lowest BCUT2D eigenvalue weighted by atomic mass is 9.94. The number of aromatic carboxylic acids is 1. The molecule has 718 valence electrons. The van der Waals surface area contributed by atoms with Gasteiger partial charge >= 0.3 is 35.8 Å². The zero-order valence-electron chi connectivity index (χ0n) is 76.2. The number of methoxy groups -OCH3 is 2. The van der Waals surface area contributed by atoms with Crippen LogP contribution >= 0.6 is 103 Å². The van der Waals surface area contributed by atoms with Crippen LogP contribution in [0.3, 0.4) is 0 Å². The molecule has 0 fully saturated rings. The van der Waals surface area contributed by atoms with E-state index in [4.69, 9.17) is 40.0 Å². The van der Waals surface area contributed by atoms with Crippen molar-refractivity contribution in [3.05, 3.63) is 208 Å². The van der Waals surface area contributed by atoms with Crippen molar-refractivity contribution in [2.45, 2.75) is 202 Å². The minimum atomic E-state index is -0.988. The van der Waals surface area contributed by atoms with Gasteiger partial charge in [-0.2, -0.15) is 10.2 Å². The molecule has 5 N–H and O–H groups in total. The average molecular weight is 2210 g/mol. The highest BCUT2D eigenvalue weighted by molar-refractivity contribution is 9.13. The van der Waals surface area contributed by atoms with Gasteiger partial charge in [0, 0.05) is 175 Å². The van der Waals surface area contributed by atoms with Crippen LogP contribution in [0.4, 0.5) is 8.78 Å². The number of carboxylic acids is 2. The number of aromatic nitrogens is 18. The molecule has 12 aromatic rings. The van der Waals surface area contributed by atoms with Gasteiger partial charge in [0.05, 0.1) is 67.0 Å². The molecule has 0 radical (unpaired) electrons. The fraction of sp³-hybridized carbons (Fsp3) is 0.446. The molecule has 0 spiro atoms. The number of nitrogens with zero attached hydrogens (tertiary/aromatic N) is 18. The summed E-state index contributed by atoms with van der Waals surface area (Å²) in [6, 6.07) is 18.8. The van der Waals surface area contributed by atoms with Gasteiger partial charge < -0.3 is 67.4 Å². The van der Waals surface area contributed by atoms with Gasteiger partial charge in [0.2, 0.25) is 5.78 Å². The molecule has 2 aromatic carbocycles. The molecule has 134 heavy (non-hydrogen) atoms. The number of ketones is 1. The van der Waals surface area contributed by atoms with E-state index in [2.05, 4.69) is 153 Å². The number of hydrogen-bond acceptors (Lipinski definition) is 24. The standard InChI is InChI=1S/C19H23FN2O2.C13H19BrN2O2.C13H14FN3.C12H13N3O2.C9H10Br2N2O2.C9H11BrN2O2.C9H9N3O2S.C8H9BrN2O2.ClH/c1-19(2,3)24-18(23)10-13-7-8-22-12-16(21-17(22)9-13)14-5-4-6-15(20)11-14;1-13(2,3)18-12(17)7-9-4-5-16-8-10(14)15-11(16)6-9;14-10-3-1-2-9(6-10)12-8-17-5-4-11(15)7-13(17)16-12;1-8-4-3-5-10(14-8)9-6-13-15(2)12(9)11(17)7-16;1-15-9(14)5-2-3-13-6(4-5)12-7(10)8(13)11;1-14-9(13)6-2-3-12-5-7(10)11-8(12)4-6;1-5-4-15-8(11-5)6-3-10-12(2)7(6)9(13)14;9-6-4-11-2-1-5(8(12)13)3-7(11)10-6;/h4-6,11-13H,7-10H2,1-3H3;8-9H,4-7H2,1-3H3;1-3,6,8,11H,4-5,7,15H2;3-6,16H,7H2,1-2H3;5H,2-4H2,1H3;5-6H,2-4H2,1H3;3-4H,1-2H3,(H,13,14);4-5H,1-3H2,(H,12,13);1H. The predicted octanol–water partition coefficient (Wildman–Crippen LogP) is 16.6. The zero-order chi connectivity index (χ0) is 96.4. The van der Waals surface area contributed by atoms with Crippen LogP contribution in [0, 0.1) is 55.1 Å². The lowest BCUT2D eigenvalue weighted by Gasteiger charge is -2.25. The number of carbonyl (C=O) groups is 7. The minimum Gasteiger partial charge on any atom is -0.481 e. The number of benzene rings is 2. The number of imidazole rings is 6. The largest absolute Gasteiger partial charge is 0.481 e. The number of halogens is 8. The molecule has 16 heterocycles. The molecule has 6 unspecified atom stereocenters. The van der Waals surface area contributed by atoms with Crippen LogP contribution in [0.2, 0.25) is 0 Å². The van der Waals surface area contributed by atoms with Crippen LogP contribution < -0.4 is 5.73 Å². The van der Waals surface area contributed by atoms with Crippen molar-refractivity contribution in [3.8, 4) is 44.3 Å². The Morgan fingerprint density at radius 1 is 0.500 bits per heavy atom. The molecule has 0 saturated heterocycles. The maximum absolute atomic E-state index is 13.4. The number of ether oxygens (including phenoxy) is 4. The normalized spacial score (nSPS) is 17.1. The van der Waals surface area contributed by atoms with E-state index in [9.17, 15) is 42.3 Å². The summed E-state index contributed by atoms with van der Waals surface area (Å²) >= 11 is 18.2. The van der Waals surface area contributed by atoms with Gasteiger partial charge in [-0.3, -0.25) is 43.1 Å². The Morgan fingerprint density at radius 3 is 1.40 bits per heavy atom. The number of pyridine rings is 1. The van der Waals surface area contributed by atoms with E-state index in [0.29, 0.717) is 72.0 Å². The highest BCUT2D eigenvalue weighted by Crippen LogP contribution is 2.35. The van der Waals surface area contributed by atoms with E-state index in [1.807, 2.05) is 127 Å². The molecule has 42 heteroatoms. The topological polar surface area (TPSA) is 411 Å². The van der Waals surface area contributed by atoms with Gasteiger partial charge in [-0.15, -0.1) is 23.7 Å². The van der Waals surface area contributed by atoms with E-state index in [0.717, 1.165) is 183 Å². The monoisotopic (exact) mass is 2200 g/mol. The van der Waals surface area contributed by atoms with Crippen LogP contribution in [0.25, 0.3) is 44.3 Å². The van der Waals surface area contributed by atoms with Gasteiger partial charge in [0.25, 0.3) is 0 Å². The maximum Gasteiger partial charge on any atom is 0.354 e. The quantitative estimate of drug-likeness (QED) is 0.0446. The second-order valence-corrected chi connectivity index (χ2v) is 39.5. The summed E-state index contributed by atoms with van der Waals surface area (Å²) in [5.74, 6) is 2.93. The molecule has 6 atom stereocenters. The average Bonchev–Trinajstić information content (AvgIpc) is 1.69. The number of aliphatic carboxylic acids is 1. The number of carboxylic acid groups (broad SMARTS) is 2. The van der Waals surface area contributed by atoms with E-state index in [1.54, 1.807) is 32.4 Å². The van der Waals surface area contributed by atoms with Crippen LogP contribution in [-0.4, -0.2) is 182 Å². The zero-order valence-corrected chi connectivity index (χ0v) is 85.8. The van der Waals surface area contributed by atoms with E-state index < -0.39 is 29.7 Å². The Morgan fingerprint density at radius 2 is 0.933 bits per heavy atom. The molecule has 0 bridgehead atoms. The molecule has 18 rings (SSSR count). The number of aryl methyl sites for hydroxylation is 9. The Labute approximate surface area is 826 Å². The van der Waals surface area contributed by atoms with E-state index in [-0.39, 0.29) is 89.1 Å². The van der Waals surface area contributed by atoms with Gasteiger partial charge in [0.15, 0.2) is 5.69 Å². The summed E-state index contributed by atoms with van der Waals surface area (Å²) in [6.45, 7) is 19.6. The highest BCUT2D eigenvalue weighted by atomic mass is 79.9. The molecule has 0 amide bonds. The first-order valence-electron chi connectivity index (χ1n) is 43.1. The first-order chi connectivity index (χ1) is 63.1. The van der Waals surface area contributed by atoms with E-state index in [1.165, 1.54) is 65.4 Å². The van der Waals surface area contributed by atoms with Crippen LogP contribution in [0.1, 0.15) is 160 Å². The summed E-state index contributed by atoms with van der Waals surface area (Å²) in [4.78, 5) is 115. The maximum atomic E-state index is 13.4. The second-order valence-electron chi connectivity index (χ2n) is 34.7. The SMILES string of the molecule is CC(C)(C)OC(=O)CC1CCn2cc(-c3cccc(F)c3)nc2C1.CC(C)(C)OC(=O)CC1CCn2cc(Br)nc2C1.COC(=O)C1CCn2c(nc(Br)c2Br)C1.COC(=O)C1CCn2cc(Br)nc2C1.Cc1cccc(-c2cnn(C)c2C(=O)CO)n1.Cc1csc(-c2cnn(C)c2C(=O)O)n1.Cl.NC1CCn2cc(-c3cccc(F)c3)nc2C1.O=C(O)C1CCn2cc(Br)nc2C1. The fourth-order valence-electron chi connectivity index (χ4n) is 15.8. The van der Waals surface area contributed by atoms with Gasteiger partial charge in [-0.25, -0.2) is 48.5 Å². The third-order valence-electron chi connectivity index (χ3n) is 22.2. The first kappa shape index (κ1) is 106. The Hall–Kier alpha value is -10.1. The van der Waals surface area contributed by atoms with Crippen molar-refractivity contribution in [2.75, 3.05) is 20.8 Å². The summed E-state index contributed by atoms with van der Waals surface area (Å²) in [7, 11) is 6.13. The van der Waals surface area contributed by atoms with E-state index >= 15 is 0 Å². The number of esters is 4. The summed E-state index contributed by atoms with van der Waals surface area (Å²) < 4.78 is 66.3.